The Morgan fingerprint density at radius 2 is 2.11 bits per heavy atom. The Kier molecular flexibility index (Phi) is 4.63. The van der Waals surface area contributed by atoms with Gasteiger partial charge in [0, 0.05) is 19.0 Å². The van der Waals surface area contributed by atoms with Crippen molar-refractivity contribution in [1.29, 1.82) is 0 Å². The molecule has 0 radical (unpaired) electrons. The number of ether oxygens (including phenoxy) is 1. The molecule has 142 valence electrons. The van der Waals surface area contributed by atoms with Gasteiger partial charge in [0.15, 0.2) is 5.76 Å². The van der Waals surface area contributed by atoms with Crippen LogP contribution in [0, 0.1) is 11.3 Å². The lowest BCUT2D eigenvalue weighted by molar-refractivity contribution is -0.150. The van der Waals surface area contributed by atoms with E-state index < -0.39 is 11.4 Å². The van der Waals surface area contributed by atoms with E-state index >= 15 is 0 Å². The number of likely N-dealkylation sites (tertiary alicyclic amines) is 1. The minimum atomic E-state index is -1.04. The number of furan rings is 1. The fraction of sp³-hybridized carbons (Fsp3) is 0.400. The topological polar surface area (TPSA) is 80.0 Å². The van der Waals surface area contributed by atoms with Gasteiger partial charge >= 0.3 is 5.97 Å². The number of aliphatic carboxylic acids is 1. The first-order valence-electron chi connectivity index (χ1n) is 8.84. The minimum Gasteiger partial charge on any atom is -0.493 e. The van der Waals surface area contributed by atoms with Gasteiger partial charge in [-0.3, -0.25) is 9.59 Å². The maximum Gasteiger partial charge on any atom is 0.312 e. The number of hydrogen-bond acceptors (Lipinski definition) is 5. The lowest BCUT2D eigenvalue weighted by Crippen LogP contribution is -2.42. The fourth-order valence-electron chi connectivity index (χ4n) is 4.05. The van der Waals surface area contributed by atoms with Crippen molar-refractivity contribution < 1.29 is 23.8 Å². The summed E-state index contributed by atoms with van der Waals surface area (Å²) in [6.07, 6.45) is 2.31. The highest BCUT2D eigenvalue weighted by Gasteiger charge is 2.55. The maximum atomic E-state index is 12.9. The van der Waals surface area contributed by atoms with Crippen molar-refractivity contribution in [2.75, 3.05) is 26.0 Å². The minimum absolute atomic E-state index is 0.155. The van der Waals surface area contributed by atoms with E-state index in [-0.39, 0.29) is 30.7 Å². The Bertz CT molecular complexity index is 879. The number of thioether (sulfide) groups is 1. The van der Waals surface area contributed by atoms with Gasteiger partial charge in [0.1, 0.15) is 11.5 Å². The van der Waals surface area contributed by atoms with E-state index in [4.69, 9.17) is 9.15 Å². The number of benzene rings is 1. The first kappa shape index (κ1) is 18.0. The van der Waals surface area contributed by atoms with Crippen LogP contribution in [0.2, 0.25) is 0 Å². The molecule has 2 aromatic rings. The Morgan fingerprint density at radius 3 is 2.89 bits per heavy atom. The first-order valence-corrected chi connectivity index (χ1v) is 10.2. The summed E-state index contributed by atoms with van der Waals surface area (Å²) in [5.74, 6) is 1.02. The van der Waals surface area contributed by atoms with Gasteiger partial charge in [-0.15, -0.1) is 0 Å². The second-order valence-electron chi connectivity index (χ2n) is 7.14. The van der Waals surface area contributed by atoms with Gasteiger partial charge < -0.3 is 19.2 Å². The number of rotatable bonds is 4. The van der Waals surface area contributed by atoms with Crippen LogP contribution in [0.25, 0.3) is 0 Å². The van der Waals surface area contributed by atoms with Gasteiger partial charge in [-0.1, -0.05) is 18.2 Å². The van der Waals surface area contributed by atoms with Crippen LogP contribution in [0.15, 0.2) is 40.8 Å². The summed E-state index contributed by atoms with van der Waals surface area (Å²) in [6.45, 7) is 0.781. The molecule has 7 heteroatoms. The summed E-state index contributed by atoms with van der Waals surface area (Å²) in [5, 5.41) is 10.1. The molecule has 1 saturated heterocycles. The predicted octanol–water partition coefficient (Wildman–Crippen LogP) is 2.92. The Balaban J connectivity index is 1.61. The molecule has 2 atom stereocenters. The lowest BCUT2D eigenvalue weighted by Gasteiger charge is -2.27. The van der Waals surface area contributed by atoms with Crippen LogP contribution in [0.4, 0.5) is 0 Å². The molecule has 1 N–H and O–H groups in total. The molecule has 3 heterocycles. The third kappa shape index (κ3) is 3.10. The highest BCUT2D eigenvalue weighted by molar-refractivity contribution is 7.97. The molecule has 4 rings (SSSR count). The number of para-hydroxylation sites is 1. The molecule has 1 amide bonds. The van der Waals surface area contributed by atoms with Gasteiger partial charge in [0.05, 0.1) is 17.8 Å². The van der Waals surface area contributed by atoms with E-state index in [1.54, 1.807) is 28.8 Å². The molecule has 0 bridgehead atoms. The second kappa shape index (κ2) is 6.96. The summed E-state index contributed by atoms with van der Waals surface area (Å²) >= 11 is 1.61. The van der Waals surface area contributed by atoms with Crippen LogP contribution in [0.5, 0.6) is 5.75 Å². The molecule has 1 fully saturated rings. The number of carbonyl (C=O) groups is 2. The lowest BCUT2D eigenvalue weighted by atomic mass is 9.74. The highest BCUT2D eigenvalue weighted by atomic mass is 32.2. The van der Waals surface area contributed by atoms with Crippen LogP contribution in [0.1, 0.15) is 21.9 Å². The molecule has 0 spiro atoms. The summed E-state index contributed by atoms with van der Waals surface area (Å²) < 4.78 is 11.5. The molecular formula is C20H21NO5S. The Morgan fingerprint density at radius 1 is 1.30 bits per heavy atom. The molecule has 1 aromatic heterocycles. The summed E-state index contributed by atoms with van der Waals surface area (Å²) in [7, 11) is 0. The molecule has 1 aromatic carbocycles. The van der Waals surface area contributed by atoms with Crippen molar-refractivity contribution in [3.63, 3.8) is 0 Å². The largest absolute Gasteiger partial charge is 0.493 e. The number of carboxylic acid groups (broad SMARTS) is 1. The predicted molar refractivity (Wildman–Crippen MR) is 101 cm³/mol. The second-order valence-corrected chi connectivity index (χ2v) is 8.00. The smallest absolute Gasteiger partial charge is 0.312 e. The van der Waals surface area contributed by atoms with E-state index in [9.17, 15) is 14.7 Å². The molecule has 0 saturated carbocycles. The maximum absolute atomic E-state index is 12.9. The third-order valence-corrected chi connectivity index (χ3v) is 6.06. The normalized spacial score (nSPS) is 23.9. The van der Waals surface area contributed by atoms with Gasteiger partial charge in [0.2, 0.25) is 0 Å². The van der Waals surface area contributed by atoms with Crippen molar-refractivity contribution in [2.45, 2.75) is 12.2 Å². The van der Waals surface area contributed by atoms with Crippen LogP contribution >= 0.6 is 11.8 Å². The van der Waals surface area contributed by atoms with Crippen LogP contribution in [-0.4, -0.2) is 47.8 Å². The van der Waals surface area contributed by atoms with Crippen molar-refractivity contribution >= 4 is 23.6 Å². The fourth-order valence-corrected chi connectivity index (χ4v) is 4.49. The third-order valence-electron chi connectivity index (χ3n) is 5.49. The van der Waals surface area contributed by atoms with Crippen molar-refractivity contribution in [2.24, 2.45) is 11.3 Å². The monoisotopic (exact) mass is 387 g/mol. The molecule has 2 aliphatic heterocycles. The summed E-state index contributed by atoms with van der Waals surface area (Å²) in [5.41, 5.74) is -0.173. The average Bonchev–Trinajstić information content (AvgIpc) is 3.23. The summed E-state index contributed by atoms with van der Waals surface area (Å²) in [6, 6.07) is 11.0. The van der Waals surface area contributed by atoms with E-state index in [1.165, 1.54) is 0 Å². The van der Waals surface area contributed by atoms with Gasteiger partial charge in [-0.05, 0) is 36.4 Å². The van der Waals surface area contributed by atoms with Gasteiger partial charge in [-0.2, -0.15) is 11.8 Å². The van der Waals surface area contributed by atoms with Crippen LogP contribution in [0.3, 0.4) is 0 Å². The number of amides is 1. The van der Waals surface area contributed by atoms with Gasteiger partial charge in [0.25, 0.3) is 5.91 Å². The zero-order chi connectivity index (χ0) is 19.0. The van der Waals surface area contributed by atoms with Crippen molar-refractivity contribution in [1.82, 2.24) is 4.90 Å². The van der Waals surface area contributed by atoms with Crippen LogP contribution < -0.4 is 4.74 Å². The zero-order valence-electron chi connectivity index (χ0n) is 15.0. The molecule has 2 aliphatic rings. The molecule has 6 nitrogen and oxygen atoms in total. The standard InChI is InChI=1S/C20H21NO5S/c1-27-11-15-6-7-17(26-15)18(22)21-9-14-10-25-16-5-3-2-4-13(16)8-20(14,12-21)19(23)24/h2-7,14H,8-12H2,1H3,(H,23,24)/t14-,20+/m0/s1. The van der Waals surface area contributed by atoms with Gasteiger partial charge in [-0.25, -0.2) is 0 Å². The quantitative estimate of drug-likeness (QED) is 0.869. The number of nitrogens with zero attached hydrogens (tertiary/aromatic N) is 1. The molecule has 0 aliphatic carbocycles. The van der Waals surface area contributed by atoms with Crippen molar-refractivity contribution in [3.8, 4) is 5.75 Å². The van der Waals surface area contributed by atoms with E-state index in [1.807, 2.05) is 30.5 Å². The SMILES string of the molecule is CSCc1ccc(C(=O)N2C[C@H]3COc4ccccc4C[C@@]3(C(=O)O)C2)o1. The summed E-state index contributed by atoms with van der Waals surface area (Å²) in [4.78, 5) is 26.8. The first-order chi connectivity index (χ1) is 13.0. The van der Waals surface area contributed by atoms with Crippen molar-refractivity contribution in [3.05, 3.63) is 53.5 Å². The number of carboxylic acids is 1. The number of hydrogen-bond donors (Lipinski definition) is 1. The number of fused-ring (bicyclic) bond motifs is 2. The Hall–Kier alpha value is -2.41. The molecular weight excluding hydrogens is 366 g/mol. The highest BCUT2D eigenvalue weighted by Crippen LogP contribution is 2.44. The van der Waals surface area contributed by atoms with E-state index in [0.717, 1.165) is 17.1 Å². The van der Waals surface area contributed by atoms with E-state index in [2.05, 4.69) is 0 Å². The Labute approximate surface area is 161 Å². The number of carbonyl (C=O) groups excluding carboxylic acids is 1. The zero-order valence-corrected chi connectivity index (χ0v) is 15.8. The molecule has 0 unspecified atom stereocenters. The average molecular weight is 387 g/mol. The van der Waals surface area contributed by atoms with Crippen LogP contribution in [-0.2, 0) is 17.0 Å². The van der Waals surface area contributed by atoms with E-state index in [0.29, 0.717) is 18.7 Å². The molecule has 27 heavy (non-hydrogen) atoms.